The van der Waals surface area contributed by atoms with Gasteiger partial charge in [0, 0.05) is 0 Å². The summed E-state index contributed by atoms with van der Waals surface area (Å²) in [6.45, 7) is 4.77. The number of carbonyl (C=O) groups is 4. The van der Waals surface area contributed by atoms with E-state index >= 15 is 0 Å². The van der Waals surface area contributed by atoms with E-state index in [1.54, 1.807) is 20.8 Å². The van der Waals surface area contributed by atoms with E-state index in [0.29, 0.717) is 6.29 Å². The number of hydrogen-bond donors (Lipinski definition) is 2. The number of nitrogens with one attached hydrogen (secondary N) is 1. The van der Waals surface area contributed by atoms with Gasteiger partial charge in [0.15, 0.2) is 0 Å². The summed E-state index contributed by atoms with van der Waals surface area (Å²) in [5, 5.41) is 2.34. The third kappa shape index (κ3) is 8.96. The zero-order chi connectivity index (χ0) is 20.4. The Morgan fingerprint density at radius 1 is 1.19 bits per heavy atom. The topological polar surface area (TPSA) is 125 Å². The van der Waals surface area contributed by atoms with Gasteiger partial charge in [-0.05, 0) is 39.2 Å². The zero-order valence-corrected chi connectivity index (χ0v) is 15.8. The molecule has 0 spiro atoms. The van der Waals surface area contributed by atoms with Crippen LogP contribution in [0.3, 0.4) is 0 Å². The molecule has 3 N–H and O–H groups in total. The number of ether oxygens (including phenoxy) is 2. The van der Waals surface area contributed by atoms with Gasteiger partial charge in [-0.3, -0.25) is 9.59 Å². The molecule has 1 unspecified atom stereocenters. The molecule has 0 saturated heterocycles. The van der Waals surface area contributed by atoms with Crippen molar-refractivity contribution in [2.45, 2.75) is 45.3 Å². The predicted octanol–water partition coefficient (Wildman–Crippen LogP) is 1.36. The summed E-state index contributed by atoms with van der Waals surface area (Å²) < 4.78 is 9.76. The fraction of sp³-hybridized carbons (Fsp3) is 0.474. The first-order chi connectivity index (χ1) is 12.6. The van der Waals surface area contributed by atoms with Crippen molar-refractivity contribution in [2.24, 2.45) is 11.7 Å². The number of carbonyl (C=O) groups excluding carboxylic acids is 4. The lowest BCUT2D eigenvalue weighted by Crippen LogP contribution is -2.44. The molecule has 0 heterocycles. The van der Waals surface area contributed by atoms with Crippen LogP contribution in [0.2, 0.25) is 0 Å². The number of benzene rings is 1. The highest BCUT2D eigenvalue weighted by molar-refractivity contribution is 5.86. The van der Waals surface area contributed by atoms with Crippen molar-refractivity contribution in [1.29, 1.82) is 0 Å². The molecular formula is C19H26N2O6. The third-order valence-corrected chi connectivity index (χ3v) is 3.47. The van der Waals surface area contributed by atoms with Crippen LogP contribution in [0.5, 0.6) is 0 Å². The van der Waals surface area contributed by atoms with Crippen LogP contribution in [0.15, 0.2) is 30.3 Å². The minimum Gasteiger partial charge on any atom is -0.428 e. The van der Waals surface area contributed by atoms with Crippen molar-refractivity contribution >= 4 is 24.3 Å². The van der Waals surface area contributed by atoms with Crippen molar-refractivity contribution in [3.05, 3.63) is 35.9 Å². The van der Waals surface area contributed by atoms with E-state index < -0.39 is 35.6 Å². The number of esters is 1. The fourth-order valence-corrected chi connectivity index (χ4v) is 2.28. The van der Waals surface area contributed by atoms with Crippen LogP contribution in [-0.4, -0.2) is 42.5 Å². The predicted molar refractivity (Wildman–Crippen MR) is 97.6 cm³/mol. The van der Waals surface area contributed by atoms with E-state index in [1.807, 2.05) is 30.3 Å². The Morgan fingerprint density at radius 2 is 1.81 bits per heavy atom. The van der Waals surface area contributed by atoms with Crippen LogP contribution < -0.4 is 11.1 Å². The van der Waals surface area contributed by atoms with Crippen LogP contribution in [0.1, 0.15) is 32.8 Å². The van der Waals surface area contributed by atoms with E-state index in [1.165, 1.54) is 0 Å². The third-order valence-electron chi connectivity index (χ3n) is 3.47. The van der Waals surface area contributed by atoms with Crippen LogP contribution >= 0.6 is 0 Å². The van der Waals surface area contributed by atoms with Gasteiger partial charge in [0.25, 0.3) is 0 Å². The number of amides is 1. The van der Waals surface area contributed by atoms with Gasteiger partial charge in [-0.25, -0.2) is 4.79 Å². The minimum absolute atomic E-state index is 0.0543. The molecule has 1 aromatic carbocycles. The largest absolute Gasteiger partial charge is 0.516 e. The standard InChI is InChI=1S/C19H26N2O6/c1-19(2,3)27-18(25)26-17(24)14(11-13-7-5-4-6-8-13)12-15(20)16(23)21-9-10-22/h4-8,10,14-15H,9,11-12,20H2,1-3H3,(H,21,23)/t14?,15-/m0/s1. The van der Waals surface area contributed by atoms with E-state index in [9.17, 15) is 19.2 Å². The first kappa shape index (κ1) is 22.3. The molecule has 1 rings (SSSR count). The maximum Gasteiger partial charge on any atom is 0.516 e. The van der Waals surface area contributed by atoms with Gasteiger partial charge in [-0.1, -0.05) is 30.3 Å². The average Bonchev–Trinajstić information content (AvgIpc) is 2.58. The molecule has 27 heavy (non-hydrogen) atoms. The highest BCUT2D eigenvalue weighted by atomic mass is 16.7. The summed E-state index contributed by atoms with van der Waals surface area (Å²) in [7, 11) is 0. The molecule has 0 aliphatic carbocycles. The summed E-state index contributed by atoms with van der Waals surface area (Å²) in [6, 6.07) is 8.03. The number of rotatable bonds is 8. The van der Waals surface area contributed by atoms with Gasteiger partial charge in [-0.15, -0.1) is 0 Å². The van der Waals surface area contributed by atoms with Gasteiger partial charge in [0.2, 0.25) is 5.91 Å². The second kappa shape index (κ2) is 10.4. The molecule has 148 valence electrons. The molecule has 0 fully saturated rings. The van der Waals surface area contributed by atoms with Crippen molar-refractivity contribution < 1.29 is 28.7 Å². The lowest BCUT2D eigenvalue weighted by Gasteiger charge is -2.21. The van der Waals surface area contributed by atoms with Crippen molar-refractivity contribution in [1.82, 2.24) is 5.32 Å². The Labute approximate surface area is 158 Å². The van der Waals surface area contributed by atoms with Gasteiger partial charge in [0.05, 0.1) is 18.5 Å². The maximum absolute atomic E-state index is 12.4. The van der Waals surface area contributed by atoms with Crippen molar-refractivity contribution in [2.75, 3.05) is 6.54 Å². The van der Waals surface area contributed by atoms with E-state index in [-0.39, 0.29) is 19.4 Å². The highest BCUT2D eigenvalue weighted by Crippen LogP contribution is 2.17. The quantitative estimate of drug-likeness (QED) is 0.397. The Morgan fingerprint density at radius 3 is 2.37 bits per heavy atom. The highest BCUT2D eigenvalue weighted by Gasteiger charge is 2.29. The molecule has 1 amide bonds. The zero-order valence-electron chi connectivity index (χ0n) is 15.8. The lowest BCUT2D eigenvalue weighted by atomic mass is 9.92. The lowest BCUT2D eigenvalue weighted by molar-refractivity contribution is -0.146. The molecule has 0 aliphatic heterocycles. The Bertz CT molecular complexity index is 654. The van der Waals surface area contributed by atoms with Crippen molar-refractivity contribution in [3.63, 3.8) is 0 Å². The Kier molecular flexibility index (Phi) is 8.61. The molecule has 0 aromatic heterocycles. The van der Waals surface area contributed by atoms with E-state index in [0.717, 1.165) is 5.56 Å². The first-order valence-corrected chi connectivity index (χ1v) is 8.58. The van der Waals surface area contributed by atoms with Crippen LogP contribution in [0.25, 0.3) is 0 Å². The SMILES string of the molecule is CC(C)(C)OC(=O)OC(=O)C(Cc1ccccc1)C[C@H](N)C(=O)NCC=O. The van der Waals surface area contributed by atoms with Gasteiger partial charge in [0.1, 0.15) is 11.9 Å². The van der Waals surface area contributed by atoms with E-state index in [2.05, 4.69) is 5.32 Å². The molecule has 8 nitrogen and oxygen atoms in total. The Hall–Kier alpha value is -2.74. The molecule has 2 atom stereocenters. The monoisotopic (exact) mass is 378 g/mol. The molecule has 0 radical (unpaired) electrons. The van der Waals surface area contributed by atoms with Crippen LogP contribution in [0, 0.1) is 5.92 Å². The van der Waals surface area contributed by atoms with Gasteiger partial charge >= 0.3 is 12.1 Å². The minimum atomic E-state index is -1.11. The Balaban J connectivity index is 2.83. The average molecular weight is 378 g/mol. The number of hydrogen-bond acceptors (Lipinski definition) is 7. The molecule has 1 aromatic rings. The number of nitrogens with two attached hydrogens (primary N) is 1. The first-order valence-electron chi connectivity index (χ1n) is 8.58. The fourth-order valence-electron chi connectivity index (χ4n) is 2.28. The summed E-state index contributed by atoms with van der Waals surface area (Å²) in [4.78, 5) is 46.5. The maximum atomic E-state index is 12.4. The summed E-state index contributed by atoms with van der Waals surface area (Å²) in [5.41, 5.74) is 5.85. The summed E-state index contributed by atoms with van der Waals surface area (Å²) in [6.07, 6.45) is -0.397. The summed E-state index contributed by atoms with van der Waals surface area (Å²) >= 11 is 0. The van der Waals surface area contributed by atoms with Gasteiger partial charge < -0.3 is 25.3 Å². The molecule has 0 aliphatic rings. The second-order valence-corrected chi connectivity index (χ2v) is 7.03. The van der Waals surface area contributed by atoms with Crippen LogP contribution in [-0.2, 0) is 30.3 Å². The second-order valence-electron chi connectivity index (χ2n) is 7.03. The van der Waals surface area contributed by atoms with E-state index in [4.69, 9.17) is 15.2 Å². The smallest absolute Gasteiger partial charge is 0.428 e. The molecule has 0 saturated carbocycles. The summed E-state index contributed by atoms with van der Waals surface area (Å²) in [5.74, 6) is -2.23. The molecule has 0 bridgehead atoms. The molecule has 8 heteroatoms. The molecular weight excluding hydrogens is 352 g/mol. The normalized spacial score (nSPS) is 13.2. The van der Waals surface area contributed by atoms with Crippen LogP contribution in [0.4, 0.5) is 4.79 Å². The van der Waals surface area contributed by atoms with Gasteiger partial charge in [-0.2, -0.15) is 0 Å². The number of aldehydes is 1. The van der Waals surface area contributed by atoms with Crippen molar-refractivity contribution in [3.8, 4) is 0 Å².